The van der Waals surface area contributed by atoms with Crippen molar-refractivity contribution in [2.24, 2.45) is 0 Å². The second kappa shape index (κ2) is 8.19. The predicted molar refractivity (Wildman–Crippen MR) is 56.6 cm³/mol. The lowest BCUT2D eigenvalue weighted by atomic mass is 10.3. The van der Waals surface area contributed by atoms with Crippen molar-refractivity contribution in [3.63, 3.8) is 0 Å². The summed E-state index contributed by atoms with van der Waals surface area (Å²) in [7, 11) is 1.45. The molecule has 0 spiro atoms. The van der Waals surface area contributed by atoms with Gasteiger partial charge in [0.2, 0.25) is 5.91 Å². The first-order valence-electron chi connectivity index (χ1n) is 4.95. The fourth-order valence-corrected chi connectivity index (χ4v) is 0.867. The van der Waals surface area contributed by atoms with Crippen molar-refractivity contribution in [1.82, 2.24) is 16.0 Å². The molecule has 88 valence electrons. The first-order chi connectivity index (χ1) is 7.11. The van der Waals surface area contributed by atoms with Crippen LogP contribution in [0.15, 0.2) is 0 Å². The number of carbonyl (C=O) groups is 2. The predicted octanol–water partition coefficient (Wildman–Crippen LogP) is -0.543. The molecule has 0 aliphatic heterocycles. The van der Waals surface area contributed by atoms with E-state index in [1.165, 1.54) is 7.05 Å². The first kappa shape index (κ1) is 13.9. The Balaban J connectivity index is 3.64. The number of rotatable bonds is 6. The van der Waals surface area contributed by atoms with Gasteiger partial charge in [0.15, 0.2) is 0 Å². The maximum atomic E-state index is 11.3. The number of imide groups is 1. The largest absolute Gasteiger partial charge is 0.380 e. The zero-order valence-corrected chi connectivity index (χ0v) is 9.42. The molecule has 0 aromatic rings. The first-order valence-corrected chi connectivity index (χ1v) is 4.95. The molecule has 6 heteroatoms. The van der Waals surface area contributed by atoms with E-state index < -0.39 is 12.1 Å². The van der Waals surface area contributed by atoms with Gasteiger partial charge in [0.25, 0.3) is 0 Å². The van der Waals surface area contributed by atoms with E-state index in [0.29, 0.717) is 19.8 Å². The van der Waals surface area contributed by atoms with Crippen LogP contribution in [-0.4, -0.2) is 44.8 Å². The zero-order chi connectivity index (χ0) is 11.7. The highest BCUT2D eigenvalue weighted by molar-refractivity contribution is 5.96. The highest BCUT2D eigenvalue weighted by atomic mass is 16.5. The third kappa shape index (κ3) is 6.87. The second-order valence-corrected chi connectivity index (χ2v) is 2.94. The summed E-state index contributed by atoms with van der Waals surface area (Å²) < 4.78 is 5.09. The molecule has 6 nitrogen and oxygen atoms in total. The van der Waals surface area contributed by atoms with E-state index in [0.717, 1.165) is 0 Å². The molecular formula is C9H19N3O3. The van der Waals surface area contributed by atoms with Crippen molar-refractivity contribution in [1.29, 1.82) is 0 Å². The number of urea groups is 1. The summed E-state index contributed by atoms with van der Waals surface area (Å²) in [6.45, 7) is 5.37. The van der Waals surface area contributed by atoms with Crippen molar-refractivity contribution < 1.29 is 14.3 Å². The maximum absolute atomic E-state index is 11.3. The summed E-state index contributed by atoms with van der Waals surface area (Å²) in [6, 6.07) is -0.916. The molecule has 0 saturated heterocycles. The van der Waals surface area contributed by atoms with Gasteiger partial charge in [-0.3, -0.25) is 10.1 Å². The minimum Gasteiger partial charge on any atom is -0.380 e. The Bertz CT molecular complexity index is 209. The molecule has 0 saturated carbocycles. The van der Waals surface area contributed by atoms with Crippen LogP contribution < -0.4 is 16.0 Å². The Morgan fingerprint density at radius 1 is 1.40 bits per heavy atom. The quantitative estimate of drug-likeness (QED) is 0.522. The summed E-state index contributed by atoms with van der Waals surface area (Å²) in [5.74, 6) is -0.356. The lowest BCUT2D eigenvalue weighted by Crippen LogP contribution is -2.47. The Morgan fingerprint density at radius 3 is 2.60 bits per heavy atom. The lowest BCUT2D eigenvalue weighted by molar-refractivity contribution is -0.121. The van der Waals surface area contributed by atoms with Crippen LogP contribution in [0.3, 0.4) is 0 Å². The minimum absolute atomic E-state index is 0.356. The van der Waals surface area contributed by atoms with E-state index in [1.807, 2.05) is 6.92 Å². The second-order valence-electron chi connectivity index (χ2n) is 2.94. The molecular weight excluding hydrogens is 198 g/mol. The fraction of sp³-hybridized carbons (Fsp3) is 0.778. The number of nitrogens with one attached hydrogen (secondary N) is 3. The number of carbonyl (C=O) groups excluding carboxylic acids is 2. The van der Waals surface area contributed by atoms with E-state index in [9.17, 15) is 9.59 Å². The van der Waals surface area contributed by atoms with Crippen molar-refractivity contribution in [3.8, 4) is 0 Å². The van der Waals surface area contributed by atoms with Gasteiger partial charge >= 0.3 is 6.03 Å². The van der Waals surface area contributed by atoms with Crippen molar-refractivity contribution in [3.05, 3.63) is 0 Å². The summed E-state index contributed by atoms with van der Waals surface area (Å²) in [6.07, 6.45) is 0. The third-order valence-electron chi connectivity index (χ3n) is 1.76. The van der Waals surface area contributed by atoms with Gasteiger partial charge < -0.3 is 15.4 Å². The number of ether oxygens (including phenoxy) is 1. The molecule has 0 aromatic heterocycles. The third-order valence-corrected chi connectivity index (χ3v) is 1.76. The summed E-state index contributed by atoms with van der Waals surface area (Å²) >= 11 is 0. The molecule has 3 amide bonds. The molecule has 3 N–H and O–H groups in total. The van der Waals surface area contributed by atoms with Crippen LogP contribution in [0.2, 0.25) is 0 Å². The van der Waals surface area contributed by atoms with Crippen LogP contribution >= 0.6 is 0 Å². The molecule has 0 heterocycles. The van der Waals surface area contributed by atoms with Gasteiger partial charge in [0.05, 0.1) is 12.6 Å². The maximum Gasteiger partial charge on any atom is 0.321 e. The molecule has 0 aliphatic rings. The van der Waals surface area contributed by atoms with Crippen LogP contribution in [0.25, 0.3) is 0 Å². The normalized spacial score (nSPS) is 11.9. The van der Waals surface area contributed by atoms with Crippen LogP contribution in [-0.2, 0) is 9.53 Å². The Morgan fingerprint density at radius 2 is 2.07 bits per heavy atom. The van der Waals surface area contributed by atoms with Gasteiger partial charge in [-0.15, -0.1) is 0 Å². The van der Waals surface area contributed by atoms with Crippen molar-refractivity contribution >= 4 is 11.9 Å². The van der Waals surface area contributed by atoms with Crippen LogP contribution in [0.4, 0.5) is 4.79 Å². The molecule has 0 rings (SSSR count). The average molecular weight is 217 g/mol. The Hall–Kier alpha value is -1.14. The summed E-state index contributed by atoms with van der Waals surface area (Å²) in [5, 5.41) is 7.41. The number of amides is 3. The lowest BCUT2D eigenvalue weighted by Gasteiger charge is -2.12. The van der Waals surface area contributed by atoms with Gasteiger partial charge in [0, 0.05) is 20.2 Å². The molecule has 0 fully saturated rings. The molecule has 1 unspecified atom stereocenters. The smallest absolute Gasteiger partial charge is 0.321 e. The summed E-state index contributed by atoms with van der Waals surface area (Å²) in [5.41, 5.74) is 0. The summed E-state index contributed by atoms with van der Waals surface area (Å²) in [4.78, 5) is 22.1. The van der Waals surface area contributed by atoms with Crippen molar-refractivity contribution in [2.45, 2.75) is 19.9 Å². The van der Waals surface area contributed by atoms with Gasteiger partial charge in [-0.05, 0) is 13.8 Å². The van der Waals surface area contributed by atoms with Gasteiger partial charge in [-0.25, -0.2) is 4.79 Å². The topological polar surface area (TPSA) is 79.5 Å². The molecule has 0 aliphatic carbocycles. The molecule has 0 radical (unpaired) electrons. The number of hydrogen-bond donors (Lipinski definition) is 3. The Kier molecular flexibility index (Phi) is 7.57. The Labute approximate surface area is 89.7 Å². The van der Waals surface area contributed by atoms with E-state index in [2.05, 4.69) is 16.0 Å². The molecule has 15 heavy (non-hydrogen) atoms. The number of hydrogen-bond acceptors (Lipinski definition) is 4. The van der Waals surface area contributed by atoms with E-state index in [4.69, 9.17) is 4.74 Å². The monoisotopic (exact) mass is 217 g/mol. The van der Waals surface area contributed by atoms with Crippen molar-refractivity contribution in [2.75, 3.05) is 26.8 Å². The highest BCUT2D eigenvalue weighted by Gasteiger charge is 2.13. The standard InChI is InChI=1S/C9H19N3O3/c1-4-15-6-5-11-7(2)8(13)12-9(14)10-3/h7,11H,4-6H2,1-3H3,(H2,10,12,13,14). The van der Waals surface area contributed by atoms with Gasteiger partial charge in [-0.1, -0.05) is 0 Å². The van der Waals surface area contributed by atoms with E-state index in [-0.39, 0.29) is 5.91 Å². The fourth-order valence-electron chi connectivity index (χ4n) is 0.867. The highest BCUT2D eigenvalue weighted by Crippen LogP contribution is 1.82. The minimum atomic E-state index is -0.501. The average Bonchev–Trinajstić information content (AvgIpc) is 2.23. The van der Waals surface area contributed by atoms with Gasteiger partial charge in [-0.2, -0.15) is 0 Å². The zero-order valence-electron chi connectivity index (χ0n) is 9.42. The molecule has 1 atom stereocenters. The van der Waals surface area contributed by atoms with Crippen LogP contribution in [0.1, 0.15) is 13.8 Å². The van der Waals surface area contributed by atoms with E-state index >= 15 is 0 Å². The van der Waals surface area contributed by atoms with Crippen LogP contribution in [0, 0.1) is 0 Å². The van der Waals surface area contributed by atoms with E-state index in [1.54, 1.807) is 6.92 Å². The molecule has 0 bridgehead atoms. The molecule has 0 aromatic carbocycles. The van der Waals surface area contributed by atoms with Gasteiger partial charge in [0.1, 0.15) is 0 Å². The SMILES string of the molecule is CCOCCNC(C)C(=O)NC(=O)NC. The van der Waals surface area contributed by atoms with Crippen LogP contribution in [0.5, 0.6) is 0 Å².